The number of hydrogen-bond donors (Lipinski definition) is 0. The number of hydrogen-bond acceptors (Lipinski definition) is 1. The Kier molecular flexibility index (Phi) is 4.05. The zero-order valence-electron chi connectivity index (χ0n) is 12.8. The van der Waals surface area contributed by atoms with Crippen molar-refractivity contribution in [2.24, 2.45) is 4.99 Å². The SMILES string of the molecule is CC1CC(c2ccccc2)(c2ccccc2)C(C(C)(Cl)Cl)=N1. The van der Waals surface area contributed by atoms with Crippen LogP contribution in [0.25, 0.3) is 0 Å². The normalized spacial score (nSPS) is 20.7. The van der Waals surface area contributed by atoms with Gasteiger partial charge in [0.1, 0.15) is 0 Å². The molecule has 1 unspecified atom stereocenters. The second-order valence-corrected chi connectivity index (χ2v) is 7.76. The second kappa shape index (κ2) is 5.72. The van der Waals surface area contributed by atoms with Crippen molar-refractivity contribution in [3.05, 3.63) is 71.8 Å². The standard InChI is InChI=1S/C19H19Cl2N/c1-14-13-19(15-9-5-3-6-10-15,16-11-7-4-8-12-16)17(22-14)18(2,20)21/h3-12,14H,13H2,1-2H3. The fourth-order valence-corrected chi connectivity index (χ4v) is 3.95. The quantitative estimate of drug-likeness (QED) is 0.667. The van der Waals surface area contributed by atoms with Crippen molar-refractivity contribution in [3.8, 4) is 0 Å². The third-order valence-electron chi connectivity index (χ3n) is 4.30. The maximum atomic E-state index is 6.52. The van der Waals surface area contributed by atoms with Gasteiger partial charge in [-0.3, -0.25) is 4.99 Å². The molecule has 1 heterocycles. The summed E-state index contributed by atoms with van der Waals surface area (Å²) in [7, 11) is 0. The van der Waals surface area contributed by atoms with E-state index in [1.165, 1.54) is 11.1 Å². The first kappa shape index (κ1) is 15.6. The Bertz CT molecular complexity index is 632. The van der Waals surface area contributed by atoms with E-state index in [0.29, 0.717) is 0 Å². The van der Waals surface area contributed by atoms with Crippen molar-refractivity contribution in [2.45, 2.75) is 36.1 Å². The molecule has 0 aliphatic carbocycles. The van der Waals surface area contributed by atoms with Gasteiger partial charge in [-0.2, -0.15) is 0 Å². The molecule has 1 nitrogen and oxygen atoms in total. The summed E-state index contributed by atoms with van der Waals surface area (Å²) in [5, 5.41) is 0. The maximum absolute atomic E-state index is 6.52. The molecule has 1 aliphatic rings. The fourth-order valence-electron chi connectivity index (χ4n) is 3.53. The van der Waals surface area contributed by atoms with E-state index in [1.54, 1.807) is 0 Å². The molecular formula is C19H19Cl2N. The molecule has 1 atom stereocenters. The molecular weight excluding hydrogens is 313 g/mol. The summed E-state index contributed by atoms with van der Waals surface area (Å²) in [5.41, 5.74) is 2.86. The van der Waals surface area contributed by atoms with Crippen LogP contribution >= 0.6 is 23.2 Å². The van der Waals surface area contributed by atoms with Crippen LogP contribution in [0, 0.1) is 0 Å². The summed E-state index contributed by atoms with van der Waals surface area (Å²) >= 11 is 13.0. The average Bonchev–Trinajstić information content (AvgIpc) is 2.88. The number of benzene rings is 2. The highest BCUT2D eigenvalue weighted by atomic mass is 35.5. The van der Waals surface area contributed by atoms with Gasteiger partial charge < -0.3 is 0 Å². The smallest absolute Gasteiger partial charge is 0.154 e. The summed E-state index contributed by atoms with van der Waals surface area (Å²) in [6.07, 6.45) is 0.880. The van der Waals surface area contributed by atoms with Gasteiger partial charge in [-0.25, -0.2) is 0 Å². The van der Waals surface area contributed by atoms with Crippen molar-refractivity contribution in [2.75, 3.05) is 0 Å². The summed E-state index contributed by atoms with van der Waals surface area (Å²) in [4.78, 5) is 4.82. The van der Waals surface area contributed by atoms with Gasteiger partial charge in [-0.15, -0.1) is 0 Å². The van der Waals surface area contributed by atoms with Crippen molar-refractivity contribution in [1.29, 1.82) is 0 Å². The minimum absolute atomic E-state index is 0.187. The van der Waals surface area contributed by atoms with Crippen LogP contribution in [0.3, 0.4) is 0 Å². The molecule has 0 saturated heterocycles. The topological polar surface area (TPSA) is 12.4 Å². The van der Waals surface area contributed by atoms with E-state index in [9.17, 15) is 0 Å². The zero-order valence-corrected chi connectivity index (χ0v) is 14.3. The van der Waals surface area contributed by atoms with Crippen LogP contribution < -0.4 is 0 Å². The Labute approximate surface area is 142 Å². The Morgan fingerprint density at radius 3 is 1.82 bits per heavy atom. The molecule has 0 fully saturated rings. The molecule has 1 aliphatic heterocycles. The monoisotopic (exact) mass is 331 g/mol. The first-order chi connectivity index (χ1) is 10.4. The minimum atomic E-state index is -1.00. The van der Waals surface area contributed by atoms with E-state index in [2.05, 4.69) is 55.5 Å². The molecule has 0 amide bonds. The minimum Gasteiger partial charge on any atom is -0.287 e. The maximum Gasteiger partial charge on any atom is 0.154 e. The van der Waals surface area contributed by atoms with Crippen molar-refractivity contribution < 1.29 is 0 Å². The first-order valence-corrected chi connectivity index (χ1v) is 8.28. The lowest BCUT2D eigenvalue weighted by molar-refractivity contribution is 0.590. The molecule has 0 bridgehead atoms. The first-order valence-electron chi connectivity index (χ1n) is 7.52. The molecule has 2 aromatic carbocycles. The number of halogens is 2. The molecule has 0 radical (unpaired) electrons. The predicted molar refractivity (Wildman–Crippen MR) is 95.3 cm³/mol. The van der Waals surface area contributed by atoms with Crippen LogP contribution in [-0.2, 0) is 5.41 Å². The van der Waals surface area contributed by atoms with E-state index >= 15 is 0 Å². The predicted octanol–water partition coefficient (Wildman–Crippen LogP) is 5.40. The Morgan fingerprint density at radius 1 is 0.955 bits per heavy atom. The molecule has 3 heteroatoms. The molecule has 22 heavy (non-hydrogen) atoms. The second-order valence-electron chi connectivity index (χ2n) is 6.06. The zero-order chi connectivity index (χ0) is 15.8. The van der Waals surface area contributed by atoms with E-state index in [4.69, 9.17) is 28.2 Å². The molecule has 0 aromatic heterocycles. The number of aliphatic imine (C=N–C) groups is 1. The van der Waals surface area contributed by atoms with Gasteiger partial charge in [-0.05, 0) is 31.4 Å². The largest absolute Gasteiger partial charge is 0.287 e. The highest BCUT2D eigenvalue weighted by molar-refractivity contribution is 6.59. The van der Waals surface area contributed by atoms with Crippen LogP contribution in [0.15, 0.2) is 65.7 Å². The number of rotatable bonds is 3. The summed E-state index contributed by atoms with van der Waals surface area (Å²) < 4.78 is -1.00. The van der Waals surface area contributed by atoms with Crippen LogP contribution in [0.1, 0.15) is 31.4 Å². The lowest BCUT2D eigenvalue weighted by Gasteiger charge is -2.36. The molecule has 0 saturated carbocycles. The summed E-state index contributed by atoms with van der Waals surface area (Å²) in [6, 6.07) is 21.0. The fraction of sp³-hybridized carbons (Fsp3) is 0.316. The number of nitrogens with zero attached hydrogens (tertiary/aromatic N) is 1. The van der Waals surface area contributed by atoms with E-state index in [-0.39, 0.29) is 11.5 Å². The van der Waals surface area contributed by atoms with E-state index in [1.807, 2.05) is 19.1 Å². The highest BCUT2D eigenvalue weighted by Crippen LogP contribution is 2.48. The van der Waals surface area contributed by atoms with Gasteiger partial charge in [0.05, 0.1) is 11.1 Å². The molecule has 114 valence electrons. The van der Waals surface area contributed by atoms with Crippen LogP contribution in [0.2, 0.25) is 0 Å². The number of alkyl halides is 2. The molecule has 2 aromatic rings. The van der Waals surface area contributed by atoms with Gasteiger partial charge >= 0.3 is 0 Å². The molecule has 3 rings (SSSR count). The summed E-state index contributed by atoms with van der Waals surface area (Å²) in [6.45, 7) is 3.93. The van der Waals surface area contributed by atoms with Gasteiger partial charge in [-0.1, -0.05) is 83.9 Å². The van der Waals surface area contributed by atoms with E-state index in [0.717, 1.165) is 12.1 Å². The summed E-state index contributed by atoms with van der Waals surface area (Å²) in [5.74, 6) is 0. The Hall–Kier alpha value is -1.31. The third kappa shape index (κ3) is 2.57. The van der Waals surface area contributed by atoms with Gasteiger partial charge in [0.2, 0.25) is 0 Å². The van der Waals surface area contributed by atoms with Gasteiger partial charge in [0, 0.05) is 6.04 Å². The average molecular weight is 332 g/mol. The van der Waals surface area contributed by atoms with E-state index < -0.39 is 4.33 Å². The van der Waals surface area contributed by atoms with Crippen molar-refractivity contribution in [3.63, 3.8) is 0 Å². The van der Waals surface area contributed by atoms with Crippen molar-refractivity contribution >= 4 is 28.9 Å². The highest BCUT2D eigenvalue weighted by Gasteiger charge is 2.50. The van der Waals surface area contributed by atoms with Gasteiger partial charge in [0.25, 0.3) is 0 Å². The van der Waals surface area contributed by atoms with Crippen LogP contribution in [0.4, 0.5) is 0 Å². The third-order valence-corrected chi connectivity index (χ3v) is 4.66. The van der Waals surface area contributed by atoms with Crippen LogP contribution in [0.5, 0.6) is 0 Å². The van der Waals surface area contributed by atoms with Gasteiger partial charge in [0.15, 0.2) is 4.33 Å². The molecule has 0 N–H and O–H groups in total. The lowest BCUT2D eigenvalue weighted by atomic mass is 9.68. The van der Waals surface area contributed by atoms with Crippen molar-refractivity contribution in [1.82, 2.24) is 0 Å². The van der Waals surface area contributed by atoms with Crippen LogP contribution in [-0.4, -0.2) is 16.1 Å². The molecule has 0 spiro atoms. The Balaban J connectivity index is 2.28. The lowest BCUT2D eigenvalue weighted by Crippen LogP contribution is -2.42. The Morgan fingerprint density at radius 2 is 1.41 bits per heavy atom.